The molecule has 2 atom stereocenters. The monoisotopic (exact) mass is 256 g/mol. The summed E-state index contributed by atoms with van der Waals surface area (Å²) in [5.74, 6) is 1.77. The maximum atomic E-state index is 11.6. The molecule has 1 heterocycles. The van der Waals surface area contributed by atoms with Crippen LogP contribution >= 0.6 is 0 Å². The second-order valence-electron chi connectivity index (χ2n) is 5.81. The van der Waals surface area contributed by atoms with E-state index >= 15 is 0 Å². The molecular formula is C14H24O2S. The third-order valence-electron chi connectivity index (χ3n) is 3.98. The number of ether oxygens (including phenoxy) is 1. The normalized spacial score (nSPS) is 33.7. The number of rotatable bonds is 4. The maximum absolute atomic E-state index is 11.6. The quantitative estimate of drug-likeness (QED) is 0.569. The summed E-state index contributed by atoms with van der Waals surface area (Å²) >= 11 is 0. The Hall–Kier alpha value is -0.310. The maximum Gasteiger partial charge on any atom is 0.0878 e. The first kappa shape index (κ1) is 13.1. The van der Waals surface area contributed by atoms with Crippen molar-refractivity contribution < 1.29 is 8.95 Å². The molecular weight excluding hydrogens is 232 g/mol. The van der Waals surface area contributed by atoms with E-state index in [0.29, 0.717) is 0 Å². The van der Waals surface area contributed by atoms with Gasteiger partial charge in [-0.15, -0.1) is 0 Å². The highest BCUT2D eigenvalue weighted by Crippen LogP contribution is 2.33. The summed E-state index contributed by atoms with van der Waals surface area (Å²) in [5, 5.41) is 0. The topological polar surface area (TPSA) is 26.3 Å². The first-order valence-corrected chi connectivity index (χ1v) is 8.31. The van der Waals surface area contributed by atoms with Gasteiger partial charge in [0.1, 0.15) is 0 Å². The Morgan fingerprint density at radius 1 is 1.35 bits per heavy atom. The van der Waals surface area contributed by atoms with Crippen molar-refractivity contribution in [2.75, 3.05) is 18.1 Å². The van der Waals surface area contributed by atoms with Crippen LogP contribution in [0, 0.1) is 5.41 Å². The molecule has 98 valence electrons. The summed E-state index contributed by atoms with van der Waals surface area (Å²) < 4.78 is 17.2. The van der Waals surface area contributed by atoms with Gasteiger partial charge in [0.05, 0.1) is 12.9 Å². The largest absolute Gasteiger partial charge is 0.501 e. The van der Waals surface area contributed by atoms with Gasteiger partial charge in [-0.1, -0.05) is 6.92 Å². The fraction of sp³-hybridized carbons (Fsp3) is 0.857. The van der Waals surface area contributed by atoms with Gasteiger partial charge in [0.25, 0.3) is 0 Å². The van der Waals surface area contributed by atoms with E-state index in [0.717, 1.165) is 31.0 Å². The van der Waals surface area contributed by atoms with Gasteiger partial charge in [0.2, 0.25) is 0 Å². The minimum absolute atomic E-state index is 0.247. The minimum atomic E-state index is -0.588. The van der Waals surface area contributed by atoms with Crippen LogP contribution in [0.1, 0.15) is 51.9 Å². The Bertz CT molecular complexity index is 303. The van der Waals surface area contributed by atoms with E-state index in [9.17, 15) is 4.21 Å². The number of hydrogen-bond donors (Lipinski definition) is 0. The molecule has 0 spiro atoms. The molecule has 17 heavy (non-hydrogen) atoms. The van der Waals surface area contributed by atoms with E-state index in [1.165, 1.54) is 37.7 Å². The molecule has 0 aromatic rings. The van der Waals surface area contributed by atoms with Crippen molar-refractivity contribution in [2.45, 2.75) is 51.9 Å². The summed E-state index contributed by atoms with van der Waals surface area (Å²) in [6.07, 6.45) is 10.4. The summed E-state index contributed by atoms with van der Waals surface area (Å²) in [7, 11) is -0.588. The Labute approximate surface area is 107 Å². The zero-order valence-corrected chi connectivity index (χ0v) is 11.7. The Morgan fingerprint density at radius 2 is 2.12 bits per heavy atom. The van der Waals surface area contributed by atoms with Crippen molar-refractivity contribution in [3.05, 3.63) is 11.8 Å². The second-order valence-corrected chi connectivity index (χ2v) is 7.38. The standard InChI is InChI=1S/C14H24O2S/c1-14(7-4-10-17(15)12-14)8-9-16-11-13-5-2-3-6-13/h11H,2-10,12H2,1H3. The highest BCUT2D eigenvalue weighted by molar-refractivity contribution is 7.85. The fourth-order valence-electron chi connectivity index (χ4n) is 2.82. The lowest BCUT2D eigenvalue weighted by atomic mass is 9.84. The number of allylic oxidation sites excluding steroid dienone is 1. The lowest BCUT2D eigenvalue weighted by Gasteiger charge is -2.32. The van der Waals surface area contributed by atoms with Gasteiger partial charge in [-0.2, -0.15) is 0 Å². The van der Waals surface area contributed by atoms with E-state index in [-0.39, 0.29) is 5.41 Å². The summed E-state index contributed by atoms with van der Waals surface area (Å²) in [6.45, 7) is 3.05. The second kappa shape index (κ2) is 6.03. The van der Waals surface area contributed by atoms with Crippen molar-refractivity contribution in [2.24, 2.45) is 5.41 Å². The highest BCUT2D eigenvalue weighted by Gasteiger charge is 2.30. The lowest BCUT2D eigenvalue weighted by molar-refractivity contribution is 0.177. The van der Waals surface area contributed by atoms with E-state index in [4.69, 9.17) is 4.74 Å². The van der Waals surface area contributed by atoms with Gasteiger partial charge in [-0.25, -0.2) is 0 Å². The van der Waals surface area contributed by atoms with Crippen LogP contribution in [0.25, 0.3) is 0 Å². The molecule has 0 amide bonds. The zero-order valence-electron chi connectivity index (χ0n) is 10.9. The molecule has 1 aliphatic heterocycles. The number of hydrogen-bond acceptors (Lipinski definition) is 2. The molecule has 2 unspecified atom stereocenters. The SMILES string of the molecule is CC1(CCOC=C2CCCC2)CCCS(=O)C1. The Kier molecular flexibility index (Phi) is 4.66. The van der Waals surface area contributed by atoms with Crippen LogP contribution in [0.2, 0.25) is 0 Å². The van der Waals surface area contributed by atoms with Gasteiger partial charge < -0.3 is 4.74 Å². The Morgan fingerprint density at radius 3 is 2.82 bits per heavy atom. The van der Waals surface area contributed by atoms with Crippen molar-refractivity contribution >= 4 is 10.8 Å². The summed E-state index contributed by atoms with van der Waals surface area (Å²) in [6, 6.07) is 0. The molecule has 0 aromatic heterocycles. The molecule has 1 aliphatic carbocycles. The van der Waals surface area contributed by atoms with E-state index in [1.54, 1.807) is 0 Å². The van der Waals surface area contributed by atoms with Crippen molar-refractivity contribution in [3.8, 4) is 0 Å². The lowest BCUT2D eigenvalue weighted by Crippen LogP contribution is -2.31. The first-order chi connectivity index (χ1) is 8.18. The van der Waals surface area contributed by atoms with E-state index in [1.807, 2.05) is 6.26 Å². The molecule has 2 rings (SSSR count). The van der Waals surface area contributed by atoms with Crippen molar-refractivity contribution in [1.82, 2.24) is 0 Å². The average molecular weight is 256 g/mol. The van der Waals surface area contributed by atoms with Crippen molar-refractivity contribution in [3.63, 3.8) is 0 Å². The summed E-state index contributed by atoms with van der Waals surface area (Å²) in [4.78, 5) is 0. The molecule has 2 nitrogen and oxygen atoms in total. The fourth-order valence-corrected chi connectivity index (χ4v) is 4.50. The molecule has 0 aromatic carbocycles. The van der Waals surface area contributed by atoms with Gasteiger partial charge in [-0.05, 0) is 55.9 Å². The van der Waals surface area contributed by atoms with Crippen LogP contribution in [-0.2, 0) is 15.5 Å². The smallest absolute Gasteiger partial charge is 0.0878 e. The van der Waals surface area contributed by atoms with Crippen LogP contribution < -0.4 is 0 Å². The Balaban J connectivity index is 1.70. The van der Waals surface area contributed by atoms with E-state index in [2.05, 4.69) is 6.92 Å². The van der Waals surface area contributed by atoms with Crippen LogP contribution in [0.3, 0.4) is 0 Å². The van der Waals surface area contributed by atoms with Gasteiger partial charge in [0, 0.05) is 22.3 Å². The molecule has 2 aliphatic rings. The third kappa shape index (κ3) is 4.13. The van der Waals surface area contributed by atoms with Crippen LogP contribution in [0.4, 0.5) is 0 Å². The van der Waals surface area contributed by atoms with Crippen LogP contribution in [-0.4, -0.2) is 22.3 Å². The third-order valence-corrected chi connectivity index (χ3v) is 5.74. The minimum Gasteiger partial charge on any atom is -0.501 e. The van der Waals surface area contributed by atoms with Crippen LogP contribution in [0.15, 0.2) is 11.8 Å². The molecule has 0 N–H and O–H groups in total. The zero-order chi connectivity index (χ0) is 12.1. The molecule has 2 fully saturated rings. The predicted molar refractivity (Wildman–Crippen MR) is 72.3 cm³/mol. The molecule has 1 saturated carbocycles. The molecule has 0 bridgehead atoms. The molecule has 1 saturated heterocycles. The summed E-state index contributed by atoms with van der Waals surface area (Å²) in [5.41, 5.74) is 1.72. The predicted octanol–water partition coefficient (Wildman–Crippen LogP) is 3.40. The highest BCUT2D eigenvalue weighted by atomic mass is 32.2. The molecule has 3 heteroatoms. The van der Waals surface area contributed by atoms with Crippen LogP contribution in [0.5, 0.6) is 0 Å². The molecule has 0 radical (unpaired) electrons. The first-order valence-electron chi connectivity index (χ1n) is 6.82. The van der Waals surface area contributed by atoms with Crippen molar-refractivity contribution in [1.29, 1.82) is 0 Å². The van der Waals surface area contributed by atoms with Gasteiger partial charge in [0.15, 0.2) is 0 Å². The van der Waals surface area contributed by atoms with Gasteiger partial charge in [-0.3, -0.25) is 4.21 Å². The van der Waals surface area contributed by atoms with Gasteiger partial charge >= 0.3 is 0 Å². The average Bonchev–Trinajstić information content (AvgIpc) is 2.77. The van der Waals surface area contributed by atoms with E-state index < -0.39 is 10.8 Å².